The van der Waals surface area contributed by atoms with Gasteiger partial charge in [0.05, 0.1) is 5.25 Å². The number of rotatable bonds is 5. The second kappa shape index (κ2) is 7.00. The highest BCUT2D eigenvalue weighted by Gasteiger charge is 2.14. The summed E-state index contributed by atoms with van der Waals surface area (Å²) in [4.78, 5) is 0. The molecule has 2 atom stereocenters. The number of benzene rings is 2. The Balaban J connectivity index is 1.98. The van der Waals surface area contributed by atoms with Gasteiger partial charge in [-0.05, 0) is 42.7 Å². The summed E-state index contributed by atoms with van der Waals surface area (Å²) < 4.78 is 25.2. The van der Waals surface area contributed by atoms with Gasteiger partial charge in [0.15, 0.2) is 0 Å². The molecule has 0 spiro atoms. The minimum absolute atomic E-state index is 0.113. The van der Waals surface area contributed by atoms with Crippen LogP contribution in [0.3, 0.4) is 0 Å². The van der Waals surface area contributed by atoms with E-state index in [0.717, 1.165) is 11.1 Å². The largest absolute Gasteiger partial charge is 0.259 e. The second-order valence-corrected chi connectivity index (χ2v) is 6.90. The smallest absolute Gasteiger partial charge is 0.123 e. The lowest BCUT2D eigenvalue weighted by Gasteiger charge is -2.12. The summed E-state index contributed by atoms with van der Waals surface area (Å²) >= 11 is 6.08. The molecule has 0 aliphatic heterocycles. The maximum absolute atomic E-state index is 12.9. The summed E-state index contributed by atoms with van der Waals surface area (Å²) in [6, 6.07) is 13.8. The Morgan fingerprint density at radius 3 is 2.45 bits per heavy atom. The predicted octanol–water partition coefficient (Wildman–Crippen LogP) is 4.53. The van der Waals surface area contributed by atoms with Crippen molar-refractivity contribution in [2.75, 3.05) is 5.75 Å². The van der Waals surface area contributed by atoms with E-state index in [1.165, 1.54) is 12.1 Å². The molecule has 0 aromatic heterocycles. The lowest BCUT2D eigenvalue weighted by molar-refractivity contribution is 0.626. The van der Waals surface area contributed by atoms with Crippen LogP contribution in [-0.2, 0) is 17.2 Å². The fourth-order valence-electron chi connectivity index (χ4n) is 1.97. The fraction of sp³-hybridized carbons (Fsp3) is 0.250. The number of hydrogen-bond donors (Lipinski definition) is 0. The summed E-state index contributed by atoms with van der Waals surface area (Å²) in [5, 5.41) is 0.594. The Hall–Kier alpha value is -1.19. The molecule has 1 nitrogen and oxygen atoms in total. The molecular weight excluding hydrogens is 295 g/mol. The van der Waals surface area contributed by atoms with Gasteiger partial charge in [0.2, 0.25) is 0 Å². The first kappa shape index (κ1) is 15.2. The molecule has 106 valence electrons. The van der Waals surface area contributed by atoms with Gasteiger partial charge < -0.3 is 0 Å². The van der Waals surface area contributed by atoms with Gasteiger partial charge in [-0.3, -0.25) is 4.21 Å². The van der Waals surface area contributed by atoms with Gasteiger partial charge in [-0.25, -0.2) is 4.39 Å². The van der Waals surface area contributed by atoms with Crippen LogP contribution in [0.25, 0.3) is 0 Å². The number of hydrogen-bond acceptors (Lipinski definition) is 1. The Bertz CT molecular complexity index is 598. The van der Waals surface area contributed by atoms with Crippen LogP contribution in [0.15, 0.2) is 48.5 Å². The molecule has 20 heavy (non-hydrogen) atoms. The van der Waals surface area contributed by atoms with Crippen molar-refractivity contribution in [3.05, 3.63) is 70.5 Å². The van der Waals surface area contributed by atoms with Crippen molar-refractivity contribution in [2.24, 2.45) is 0 Å². The molecule has 2 aromatic rings. The second-order valence-electron chi connectivity index (χ2n) is 4.62. The van der Waals surface area contributed by atoms with Crippen LogP contribution in [0.2, 0.25) is 5.02 Å². The SMILES string of the molecule is C[C@@H](c1ccc(F)cc1)[S@](=O)CCc1ccccc1Cl. The third kappa shape index (κ3) is 3.90. The summed E-state index contributed by atoms with van der Waals surface area (Å²) in [5.41, 5.74) is 1.90. The van der Waals surface area contributed by atoms with Crippen molar-refractivity contribution in [1.29, 1.82) is 0 Å². The molecule has 0 saturated carbocycles. The quantitative estimate of drug-likeness (QED) is 0.793. The molecule has 0 amide bonds. The van der Waals surface area contributed by atoms with E-state index in [-0.39, 0.29) is 11.1 Å². The molecule has 0 aliphatic carbocycles. The van der Waals surface area contributed by atoms with Crippen molar-refractivity contribution in [1.82, 2.24) is 0 Å². The molecule has 0 fully saturated rings. The van der Waals surface area contributed by atoms with Crippen molar-refractivity contribution in [3.8, 4) is 0 Å². The minimum Gasteiger partial charge on any atom is -0.259 e. The van der Waals surface area contributed by atoms with Gasteiger partial charge in [-0.2, -0.15) is 0 Å². The molecule has 2 rings (SSSR count). The highest BCUT2D eigenvalue weighted by Crippen LogP contribution is 2.22. The Morgan fingerprint density at radius 1 is 1.15 bits per heavy atom. The van der Waals surface area contributed by atoms with E-state index in [4.69, 9.17) is 11.6 Å². The summed E-state index contributed by atoms with van der Waals surface area (Å²) in [6.45, 7) is 1.90. The van der Waals surface area contributed by atoms with Crippen LogP contribution < -0.4 is 0 Å². The van der Waals surface area contributed by atoms with E-state index < -0.39 is 10.8 Å². The summed E-state index contributed by atoms with van der Waals surface area (Å²) in [5.74, 6) is 0.269. The lowest BCUT2D eigenvalue weighted by Crippen LogP contribution is -2.09. The Kier molecular flexibility index (Phi) is 5.32. The third-order valence-electron chi connectivity index (χ3n) is 3.26. The van der Waals surface area contributed by atoms with E-state index in [1.807, 2.05) is 31.2 Å². The number of halogens is 2. The van der Waals surface area contributed by atoms with Crippen molar-refractivity contribution < 1.29 is 8.60 Å². The lowest BCUT2D eigenvalue weighted by atomic mass is 10.2. The molecule has 0 radical (unpaired) electrons. The molecule has 0 aliphatic rings. The molecule has 0 heterocycles. The van der Waals surface area contributed by atoms with Crippen molar-refractivity contribution in [2.45, 2.75) is 18.6 Å². The molecule has 0 N–H and O–H groups in total. The first-order valence-corrected chi connectivity index (χ1v) is 8.20. The van der Waals surface area contributed by atoms with Gasteiger partial charge in [0.25, 0.3) is 0 Å². The summed E-state index contributed by atoms with van der Waals surface area (Å²) in [7, 11) is -1.01. The van der Waals surface area contributed by atoms with Gasteiger partial charge >= 0.3 is 0 Å². The zero-order valence-electron chi connectivity index (χ0n) is 11.2. The van der Waals surface area contributed by atoms with Gasteiger partial charge in [0.1, 0.15) is 5.82 Å². The van der Waals surface area contributed by atoms with Crippen LogP contribution in [0.5, 0.6) is 0 Å². The molecular formula is C16H16ClFOS. The maximum Gasteiger partial charge on any atom is 0.123 e. The topological polar surface area (TPSA) is 17.1 Å². The minimum atomic E-state index is -1.01. The van der Waals surface area contributed by atoms with E-state index in [9.17, 15) is 8.60 Å². The van der Waals surface area contributed by atoms with E-state index in [1.54, 1.807) is 12.1 Å². The van der Waals surface area contributed by atoms with Crippen LogP contribution in [0.1, 0.15) is 23.3 Å². The van der Waals surface area contributed by atoms with E-state index >= 15 is 0 Å². The normalized spacial score (nSPS) is 13.9. The first-order valence-electron chi connectivity index (χ1n) is 6.44. The van der Waals surface area contributed by atoms with E-state index in [0.29, 0.717) is 17.2 Å². The van der Waals surface area contributed by atoms with Crippen LogP contribution in [0, 0.1) is 5.82 Å². The van der Waals surface area contributed by atoms with Crippen molar-refractivity contribution in [3.63, 3.8) is 0 Å². The number of aryl methyl sites for hydroxylation is 1. The van der Waals surface area contributed by atoms with Crippen LogP contribution >= 0.6 is 11.6 Å². The zero-order chi connectivity index (χ0) is 14.5. The van der Waals surface area contributed by atoms with Gasteiger partial charge in [-0.1, -0.05) is 41.9 Å². The molecule has 0 bridgehead atoms. The molecule has 0 saturated heterocycles. The van der Waals surface area contributed by atoms with Gasteiger partial charge in [-0.15, -0.1) is 0 Å². The monoisotopic (exact) mass is 310 g/mol. The average molecular weight is 311 g/mol. The molecule has 2 aromatic carbocycles. The fourth-order valence-corrected chi connectivity index (χ4v) is 3.44. The maximum atomic E-state index is 12.9. The zero-order valence-corrected chi connectivity index (χ0v) is 12.8. The standard InChI is InChI=1S/C16H16ClFOS/c1-12(13-6-8-15(18)9-7-13)20(19)11-10-14-4-2-3-5-16(14)17/h2-9,12H,10-11H2,1H3/t12-,20+/m0/s1. The first-order chi connectivity index (χ1) is 9.58. The molecule has 0 unspecified atom stereocenters. The van der Waals surface area contributed by atoms with Crippen LogP contribution in [-0.4, -0.2) is 9.96 Å². The highest BCUT2D eigenvalue weighted by molar-refractivity contribution is 7.85. The third-order valence-corrected chi connectivity index (χ3v) is 5.30. The highest BCUT2D eigenvalue weighted by atomic mass is 35.5. The summed E-state index contributed by atoms with van der Waals surface area (Å²) in [6.07, 6.45) is 0.678. The average Bonchev–Trinajstić information content (AvgIpc) is 2.46. The van der Waals surface area contributed by atoms with Crippen molar-refractivity contribution >= 4 is 22.4 Å². The van der Waals surface area contributed by atoms with Crippen LogP contribution in [0.4, 0.5) is 4.39 Å². The van der Waals surface area contributed by atoms with E-state index in [2.05, 4.69) is 0 Å². The predicted molar refractivity (Wildman–Crippen MR) is 83.0 cm³/mol. The molecule has 4 heteroatoms. The van der Waals surface area contributed by atoms with Gasteiger partial charge in [0, 0.05) is 21.6 Å². The Morgan fingerprint density at radius 2 is 1.80 bits per heavy atom. The Labute approximate surface area is 126 Å².